The lowest BCUT2D eigenvalue weighted by molar-refractivity contribution is -0.137. The third kappa shape index (κ3) is 7.31. The van der Waals surface area contributed by atoms with Crippen LogP contribution in [0.2, 0.25) is 0 Å². The summed E-state index contributed by atoms with van der Waals surface area (Å²) in [7, 11) is 0. The van der Waals surface area contributed by atoms with Crippen LogP contribution >= 0.6 is 31.9 Å². The molecule has 8 nitrogen and oxygen atoms in total. The van der Waals surface area contributed by atoms with E-state index in [9.17, 15) is 27.6 Å². The molecule has 4 amide bonds. The third-order valence-electron chi connectivity index (χ3n) is 7.14. The van der Waals surface area contributed by atoms with Gasteiger partial charge in [0.1, 0.15) is 0 Å². The molecule has 0 aromatic heterocycles. The maximum absolute atomic E-state index is 13.0. The normalized spacial score (nSPS) is 17.6. The van der Waals surface area contributed by atoms with Crippen molar-refractivity contribution in [2.75, 3.05) is 31.9 Å². The van der Waals surface area contributed by atoms with Crippen LogP contribution in [0.5, 0.6) is 0 Å². The number of urea groups is 1. The predicted molar refractivity (Wildman–Crippen MR) is 147 cm³/mol. The molecule has 0 aliphatic carbocycles. The summed E-state index contributed by atoms with van der Waals surface area (Å²) in [6, 6.07) is 6.84. The maximum Gasteiger partial charge on any atom is 0.416 e. The molecule has 210 valence electrons. The molecule has 0 bridgehead atoms. The maximum atomic E-state index is 13.0. The number of nitrogens with zero attached hydrogens (tertiary/aromatic N) is 2. The molecule has 2 aliphatic rings. The number of halogens is 5. The minimum Gasteiger partial charge on any atom is -0.397 e. The second-order valence-corrected chi connectivity index (χ2v) is 11.4. The molecule has 2 aliphatic heterocycles. The summed E-state index contributed by atoms with van der Waals surface area (Å²) in [5.41, 5.74) is 5.85. The van der Waals surface area contributed by atoms with E-state index in [1.54, 1.807) is 12.1 Å². The summed E-state index contributed by atoms with van der Waals surface area (Å²) < 4.78 is 40.0. The molecule has 0 unspecified atom stereocenters. The number of carbonyl (C=O) groups is 3. The van der Waals surface area contributed by atoms with Gasteiger partial charge in [0.15, 0.2) is 0 Å². The van der Waals surface area contributed by atoms with Gasteiger partial charge in [0.2, 0.25) is 0 Å². The highest BCUT2D eigenvalue weighted by molar-refractivity contribution is 9.11. The minimum absolute atomic E-state index is 0.0385. The number of benzene rings is 2. The number of likely N-dealkylation sites (tertiary alicyclic amines) is 2. The highest BCUT2D eigenvalue weighted by Crippen LogP contribution is 2.31. The van der Waals surface area contributed by atoms with E-state index in [1.807, 2.05) is 4.90 Å². The molecule has 2 aromatic rings. The molecular weight excluding hydrogens is 647 g/mol. The van der Waals surface area contributed by atoms with Gasteiger partial charge in [-0.2, -0.15) is 13.2 Å². The van der Waals surface area contributed by atoms with Crippen LogP contribution in [0, 0.1) is 0 Å². The number of piperidine rings is 2. The second kappa shape index (κ2) is 12.3. The molecule has 2 heterocycles. The van der Waals surface area contributed by atoms with Crippen molar-refractivity contribution in [1.82, 2.24) is 20.4 Å². The van der Waals surface area contributed by atoms with Crippen LogP contribution in [0.4, 0.5) is 23.7 Å². The van der Waals surface area contributed by atoms with Crippen molar-refractivity contribution >= 4 is 55.4 Å². The zero-order valence-corrected chi connectivity index (χ0v) is 24.0. The summed E-state index contributed by atoms with van der Waals surface area (Å²) >= 11 is 6.77. The van der Waals surface area contributed by atoms with Gasteiger partial charge in [-0.05, 0) is 87.9 Å². The summed E-state index contributed by atoms with van der Waals surface area (Å²) in [5.74, 6) is -0.931. The summed E-state index contributed by atoms with van der Waals surface area (Å²) in [6.07, 6.45) is -1.54. The molecule has 4 N–H and O–H groups in total. The third-order valence-corrected chi connectivity index (χ3v) is 8.45. The molecule has 4 rings (SSSR count). The SMILES string of the molecule is Nc1c(Br)cc(C(=O)N2CCC(N3CCC(NC(=O)NC(=O)c4cccc(C(F)(F)F)c4)CC3)CC2)cc1Br. The molecule has 13 heteroatoms. The van der Waals surface area contributed by atoms with E-state index in [1.165, 1.54) is 6.07 Å². The van der Waals surface area contributed by atoms with Crippen molar-refractivity contribution in [3.63, 3.8) is 0 Å². The first kappa shape index (κ1) is 29.3. The first-order chi connectivity index (χ1) is 18.4. The van der Waals surface area contributed by atoms with E-state index in [-0.39, 0.29) is 17.5 Å². The van der Waals surface area contributed by atoms with E-state index >= 15 is 0 Å². The van der Waals surface area contributed by atoms with Crippen LogP contribution in [0.15, 0.2) is 45.3 Å². The average molecular weight is 675 g/mol. The zero-order chi connectivity index (χ0) is 28.3. The smallest absolute Gasteiger partial charge is 0.397 e. The molecule has 39 heavy (non-hydrogen) atoms. The van der Waals surface area contributed by atoms with Gasteiger partial charge in [-0.3, -0.25) is 14.9 Å². The Kier molecular flexibility index (Phi) is 9.22. The van der Waals surface area contributed by atoms with Crippen molar-refractivity contribution in [3.05, 3.63) is 62.0 Å². The van der Waals surface area contributed by atoms with Crippen LogP contribution in [-0.2, 0) is 6.18 Å². The summed E-state index contributed by atoms with van der Waals surface area (Å²) in [4.78, 5) is 41.8. The monoisotopic (exact) mass is 673 g/mol. The summed E-state index contributed by atoms with van der Waals surface area (Å²) in [5, 5.41) is 4.87. The van der Waals surface area contributed by atoms with Crippen molar-refractivity contribution < 1.29 is 27.6 Å². The number of nitrogens with one attached hydrogen (secondary N) is 2. The van der Waals surface area contributed by atoms with Gasteiger partial charge in [-0.15, -0.1) is 0 Å². The lowest BCUT2D eigenvalue weighted by Crippen LogP contribution is -2.53. The topological polar surface area (TPSA) is 108 Å². The number of carbonyl (C=O) groups excluding carboxylic acids is 3. The average Bonchev–Trinajstić information content (AvgIpc) is 2.91. The molecular formula is C26H28Br2F3N5O3. The highest BCUT2D eigenvalue weighted by Gasteiger charge is 2.32. The van der Waals surface area contributed by atoms with E-state index < -0.39 is 23.7 Å². The largest absolute Gasteiger partial charge is 0.416 e. The first-order valence-electron chi connectivity index (χ1n) is 12.5. The van der Waals surface area contributed by atoms with Crippen LogP contribution in [0.1, 0.15) is 52.0 Å². The molecule has 0 saturated carbocycles. The number of alkyl halides is 3. The Morgan fingerprint density at radius 3 is 2.10 bits per heavy atom. The van der Waals surface area contributed by atoms with Gasteiger partial charge in [-0.1, -0.05) is 6.07 Å². The van der Waals surface area contributed by atoms with Crippen LogP contribution in [0.25, 0.3) is 0 Å². The fourth-order valence-electron chi connectivity index (χ4n) is 4.97. The fraction of sp³-hybridized carbons (Fsp3) is 0.423. The quantitative estimate of drug-likeness (QED) is 0.395. The lowest BCUT2D eigenvalue weighted by atomic mass is 9.97. The van der Waals surface area contributed by atoms with Gasteiger partial charge in [-0.25, -0.2) is 4.79 Å². The number of hydrogen-bond acceptors (Lipinski definition) is 5. The Morgan fingerprint density at radius 1 is 0.897 bits per heavy atom. The Morgan fingerprint density at radius 2 is 1.51 bits per heavy atom. The van der Waals surface area contributed by atoms with Crippen molar-refractivity contribution in [3.8, 4) is 0 Å². The number of anilines is 1. The number of nitrogens with two attached hydrogens (primary N) is 1. The number of rotatable bonds is 4. The van der Waals surface area contributed by atoms with E-state index in [0.717, 1.165) is 38.1 Å². The van der Waals surface area contributed by atoms with Gasteiger partial charge in [0.25, 0.3) is 11.8 Å². The van der Waals surface area contributed by atoms with Gasteiger partial charge < -0.3 is 20.9 Å². The van der Waals surface area contributed by atoms with E-state index in [2.05, 4.69) is 47.4 Å². The minimum atomic E-state index is -4.58. The van der Waals surface area contributed by atoms with Gasteiger partial charge in [0.05, 0.1) is 11.3 Å². The van der Waals surface area contributed by atoms with Gasteiger partial charge in [0, 0.05) is 58.3 Å². The number of hydrogen-bond donors (Lipinski definition) is 3. The van der Waals surface area contributed by atoms with Gasteiger partial charge >= 0.3 is 12.2 Å². The van der Waals surface area contributed by atoms with Crippen LogP contribution in [-0.4, -0.2) is 65.9 Å². The first-order valence-corrected chi connectivity index (χ1v) is 14.1. The van der Waals surface area contributed by atoms with E-state index in [4.69, 9.17) is 5.73 Å². The lowest BCUT2D eigenvalue weighted by Gasteiger charge is -2.42. The number of amides is 4. The van der Waals surface area contributed by atoms with Crippen molar-refractivity contribution in [2.45, 2.75) is 43.9 Å². The fourth-order valence-corrected chi connectivity index (χ4v) is 6.15. The Labute approximate surface area is 240 Å². The number of imide groups is 1. The standard InChI is InChI=1S/C26H28Br2F3N5O3/c27-20-13-16(14-21(28)22(20)32)24(38)36-10-6-19(7-11-36)35-8-4-18(5-9-35)33-25(39)34-23(37)15-2-1-3-17(12-15)26(29,30)31/h1-3,12-14,18-19H,4-11,32H2,(H2,33,34,37,39). The predicted octanol–water partition coefficient (Wildman–Crippen LogP) is 5.02. The highest BCUT2D eigenvalue weighted by atomic mass is 79.9. The van der Waals surface area contributed by atoms with Crippen molar-refractivity contribution in [1.29, 1.82) is 0 Å². The molecule has 2 saturated heterocycles. The van der Waals surface area contributed by atoms with Crippen LogP contribution < -0.4 is 16.4 Å². The summed E-state index contributed by atoms with van der Waals surface area (Å²) in [6.45, 7) is 2.79. The molecule has 0 atom stereocenters. The second-order valence-electron chi connectivity index (χ2n) is 9.69. The molecule has 0 spiro atoms. The molecule has 2 aromatic carbocycles. The van der Waals surface area contributed by atoms with Crippen LogP contribution in [0.3, 0.4) is 0 Å². The zero-order valence-electron chi connectivity index (χ0n) is 20.9. The number of nitrogen functional groups attached to an aromatic ring is 1. The Balaban J connectivity index is 1.21. The molecule has 0 radical (unpaired) electrons. The Bertz CT molecular complexity index is 1220. The van der Waals surface area contributed by atoms with E-state index in [0.29, 0.717) is 58.2 Å². The Hall–Kier alpha value is -2.64. The van der Waals surface area contributed by atoms with Crippen molar-refractivity contribution in [2.24, 2.45) is 0 Å². The molecule has 2 fully saturated rings.